The zero-order valence-corrected chi connectivity index (χ0v) is 14.5. The van der Waals surface area contributed by atoms with Gasteiger partial charge in [0, 0.05) is 10.6 Å². The van der Waals surface area contributed by atoms with Gasteiger partial charge >= 0.3 is 5.97 Å². The average Bonchev–Trinajstić information content (AvgIpc) is 3.03. The van der Waals surface area contributed by atoms with Crippen molar-refractivity contribution in [3.8, 4) is 11.3 Å². The number of amides is 1. The fraction of sp³-hybridized carbons (Fsp3) is 0.0556. The van der Waals surface area contributed by atoms with Gasteiger partial charge in [0.15, 0.2) is 5.82 Å². The van der Waals surface area contributed by atoms with E-state index in [4.69, 9.17) is 22.1 Å². The Kier molecular flexibility index (Phi) is 4.90. The molecule has 3 aromatic rings. The van der Waals surface area contributed by atoms with Gasteiger partial charge < -0.3 is 15.8 Å². The Bertz CT molecular complexity index is 984. The smallest absolute Gasteiger partial charge is 0.339 e. The van der Waals surface area contributed by atoms with Gasteiger partial charge in [-0.3, -0.25) is 9.89 Å². The summed E-state index contributed by atoms with van der Waals surface area (Å²) in [6.45, 7) is 0. The Labute approximate surface area is 154 Å². The van der Waals surface area contributed by atoms with E-state index in [1.807, 2.05) is 0 Å². The number of hydrogen-bond donors (Lipinski definition) is 3. The SMILES string of the molecule is COC(=O)c1ccccc1NC(=O)c1c(N)n[nH]c1-c1ccccc1Cl. The molecule has 0 unspecified atom stereocenters. The van der Waals surface area contributed by atoms with E-state index in [2.05, 4.69) is 15.5 Å². The number of H-pyrrole nitrogens is 1. The van der Waals surface area contributed by atoms with Crippen LogP contribution in [-0.2, 0) is 4.74 Å². The van der Waals surface area contributed by atoms with E-state index in [9.17, 15) is 9.59 Å². The summed E-state index contributed by atoms with van der Waals surface area (Å²) in [5.41, 5.74) is 7.51. The number of nitrogens with zero attached hydrogens (tertiary/aromatic N) is 1. The molecule has 7 nitrogen and oxygen atoms in total. The number of esters is 1. The van der Waals surface area contributed by atoms with Crippen LogP contribution < -0.4 is 11.1 Å². The summed E-state index contributed by atoms with van der Waals surface area (Å²) in [5.74, 6) is -1.07. The van der Waals surface area contributed by atoms with Crippen molar-refractivity contribution in [1.82, 2.24) is 10.2 Å². The zero-order chi connectivity index (χ0) is 18.7. The number of carbonyl (C=O) groups is 2. The molecule has 1 amide bonds. The fourth-order valence-electron chi connectivity index (χ4n) is 2.51. The second-order valence-corrected chi connectivity index (χ2v) is 5.74. The van der Waals surface area contributed by atoms with Crippen LogP contribution in [0.25, 0.3) is 11.3 Å². The van der Waals surface area contributed by atoms with Crippen molar-refractivity contribution in [3.05, 3.63) is 64.7 Å². The van der Waals surface area contributed by atoms with Crippen LogP contribution in [0.1, 0.15) is 20.7 Å². The molecule has 0 atom stereocenters. The molecule has 4 N–H and O–H groups in total. The lowest BCUT2D eigenvalue weighted by Gasteiger charge is -2.10. The highest BCUT2D eigenvalue weighted by molar-refractivity contribution is 6.33. The molecule has 1 heterocycles. The third-order valence-electron chi connectivity index (χ3n) is 3.75. The maximum absolute atomic E-state index is 12.8. The molecular formula is C18H15ClN4O3. The minimum atomic E-state index is -0.563. The largest absolute Gasteiger partial charge is 0.465 e. The number of benzene rings is 2. The first-order chi connectivity index (χ1) is 12.5. The van der Waals surface area contributed by atoms with Gasteiger partial charge in [-0.25, -0.2) is 4.79 Å². The lowest BCUT2D eigenvalue weighted by atomic mass is 10.1. The third-order valence-corrected chi connectivity index (χ3v) is 4.07. The molecular weight excluding hydrogens is 356 g/mol. The number of nitrogen functional groups attached to an aromatic ring is 1. The van der Waals surface area contributed by atoms with E-state index in [0.717, 1.165) is 0 Å². The van der Waals surface area contributed by atoms with E-state index >= 15 is 0 Å². The number of nitrogens with two attached hydrogens (primary N) is 1. The molecule has 0 bridgehead atoms. The number of rotatable bonds is 4. The monoisotopic (exact) mass is 370 g/mol. The summed E-state index contributed by atoms with van der Waals surface area (Å²) >= 11 is 6.21. The van der Waals surface area contributed by atoms with Crippen molar-refractivity contribution >= 4 is 35.0 Å². The average molecular weight is 371 g/mol. The van der Waals surface area contributed by atoms with Gasteiger partial charge in [-0.1, -0.05) is 41.9 Å². The number of ether oxygens (including phenoxy) is 1. The molecule has 8 heteroatoms. The summed E-state index contributed by atoms with van der Waals surface area (Å²) < 4.78 is 4.73. The topological polar surface area (TPSA) is 110 Å². The van der Waals surface area contributed by atoms with E-state index in [1.165, 1.54) is 7.11 Å². The fourth-order valence-corrected chi connectivity index (χ4v) is 2.74. The second-order valence-electron chi connectivity index (χ2n) is 5.33. The number of anilines is 2. The Morgan fingerprint density at radius 2 is 1.85 bits per heavy atom. The number of halogens is 1. The Morgan fingerprint density at radius 3 is 2.58 bits per heavy atom. The summed E-state index contributed by atoms with van der Waals surface area (Å²) in [5, 5.41) is 9.77. The van der Waals surface area contributed by atoms with Crippen molar-refractivity contribution in [2.75, 3.05) is 18.2 Å². The number of aromatic nitrogens is 2. The van der Waals surface area contributed by atoms with Crippen LogP contribution in [0.15, 0.2) is 48.5 Å². The number of carbonyl (C=O) groups excluding carboxylic acids is 2. The minimum absolute atomic E-state index is 0.0213. The van der Waals surface area contributed by atoms with E-state index < -0.39 is 11.9 Å². The lowest BCUT2D eigenvalue weighted by molar-refractivity contribution is 0.0602. The van der Waals surface area contributed by atoms with Crippen LogP contribution >= 0.6 is 11.6 Å². The quantitative estimate of drug-likeness (QED) is 0.610. The molecule has 1 aromatic heterocycles. The normalized spacial score (nSPS) is 10.4. The number of methoxy groups -OCH3 is 1. The van der Waals surface area contributed by atoms with Gasteiger partial charge in [0.25, 0.3) is 5.91 Å². The lowest BCUT2D eigenvalue weighted by Crippen LogP contribution is -2.17. The maximum Gasteiger partial charge on any atom is 0.339 e. The van der Waals surface area contributed by atoms with Gasteiger partial charge in [0.05, 0.1) is 24.1 Å². The zero-order valence-electron chi connectivity index (χ0n) is 13.7. The van der Waals surface area contributed by atoms with Crippen LogP contribution in [0.2, 0.25) is 5.02 Å². The highest BCUT2D eigenvalue weighted by Crippen LogP contribution is 2.31. The molecule has 2 aromatic carbocycles. The van der Waals surface area contributed by atoms with Crippen LogP contribution in [0, 0.1) is 0 Å². The molecule has 132 valence electrons. The van der Waals surface area contributed by atoms with Crippen LogP contribution in [0.5, 0.6) is 0 Å². The molecule has 0 radical (unpaired) electrons. The molecule has 0 saturated heterocycles. The van der Waals surface area contributed by atoms with Crippen LogP contribution in [-0.4, -0.2) is 29.2 Å². The van der Waals surface area contributed by atoms with Crippen LogP contribution in [0.4, 0.5) is 11.5 Å². The Hall–Kier alpha value is -3.32. The van der Waals surface area contributed by atoms with Crippen molar-refractivity contribution < 1.29 is 14.3 Å². The van der Waals surface area contributed by atoms with Gasteiger partial charge in [-0.15, -0.1) is 0 Å². The highest BCUT2D eigenvalue weighted by atomic mass is 35.5. The van der Waals surface area contributed by atoms with Crippen molar-refractivity contribution in [2.24, 2.45) is 0 Å². The van der Waals surface area contributed by atoms with Gasteiger partial charge in [0.1, 0.15) is 5.56 Å². The molecule has 0 saturated carbocycles. The standard InChI is InChI=1S/C18H15ClN4O3/c1-26-18(25)11-7-3-5-9-13(11)21-17(24)14-15(22-23-16(14)20)10-6-2-4-8-12(10)19/h2-9H,1H3,(H,21,24)(H3,20,22,23). The van der Waals surface area contributed by atoms with Gasteiger partial charge in [-0.05, 0) is 18.2 Å². The Morgan fingerprint density at radius 1 is 1.15 bits per heavy atom. The third kappa shape index (κ3) is 3.25. The Balaban J connectivity index is 2.00. The first-order valence-electron chi connectivity index (χ1n) is 7.60. The molecule has 26 heavy (non-hydrogen) atoms. The van der Waals surface area contributed by atoms with E-state index in [0.29, 0.717) is 22.0 Å². The van der Waals surface area contributed by atoms with E-state index in [1.54, 1.807) is 48.5 Å². The highest BCUT2D eigenvalue weighted by Gasteiger charge is 2.23. The molecule has 0 aliphatic rings. The number of para-hydroxylation sites is 1. The summed E-state index contributed by atoms with van der Waals surface area (Å²) in [6, 6.07) is 13.5. The molecule has 0 aliphatic heterocycles. The predicted molar refractivity (Wildman–Crippen MR) is 99.2 cm³/mol. The molecule has 0 spiro atoms. The van der Waals surface area contributed by atoms with Crippen molar-refractivity contribution in [2.45, 2.75) is 0 Å². The molecule has 0 fully saturated rings. The van der Waals surface area contributed by atoms with Gasteiger partial charge in [-0.2, -0.15) is 5.10 Å². The van der Waals surface area contributed by atoms with Crippen LogP contribution in [0.3, 0.4) is 0 Å². The molecule has 3 rings (SSSR count). The summed E-state index contributed by atoms with van der Waals surface area (Å²) in [4.78, 5) is 24.7. The molecule has 0 aliphatic carbocycles. The second kappa shape index (κ2) is 7.28. The van der Waals surface area contributed by atoms with Crippen molar-refractivity contribution in [3.63, 3.8) is 0 Å². The summed E-state index contributed by atoms with van der Waals surface area (Å²) in [7, 11) is 1.27. The summed E-state index contributed by atoms with van der Waals surface area (Å²) in [6.07, 6.45) is 0. The first-order valence-corrected chi connectivity index (χ1v) is 7.98. The van der Waals surface area contributed by atoms with Gasteiger partial charge in [0.2, 0.25) is 0 Å². The first kappa shape index (κ1) is 17.5. The number of aromatic amines is 1. The minimum Gasteiger partial charge on any atom is -0.465 e. The number of nitrogens with one attached hydrogen (secondary N) is 2. The number of hydrogen-bond acceptors (Lipinski definition) is 5. The van der Waals surface area contributed by atoms with Crippen molar-refractivity contribution in [1.29, 1.82) is 0 Å². The predicted octanol–water partition coefficient (Wildman–Crippen LogP) is 3.35. The van der Waals surface area contributed by atoms with E-state index in [-0.39, 0.29) is 16.9 Å². The maximum atomic E-state index is 12.8.